The maximum absolute atomic E-state index is 13.6. The van der Waals surface area contributed by atoms with Gasteiger partial charge in [0, 0.05) is 6.07 Å². The fraction of sp³-hybridized carbons (Fsp3) is 0.0714. The minimum atomic E-state index is -0.956. The normalized spacial score (nSPS) is 12.0. The summed E-state index contributed by atoms with van der Waals surface area (Å²) in [6.45, 7) is 0. The van der Waals surface area contributed by atoms with E-state index >= 15 is 0 Å². The van der Waals surface area contributed by atoms with E-state index in [0.29, 0.717) is 5.56 Å². The van der Waals surface area contributed by atoms with Gasteiger partial charge in [-0.2, -0.15) is 0 Å². The van der Waals surface area contributed by atoms with Crippen LogP contribution in [0.15, 0.2) is 46.9 Å². The maximum atomic E-state index is 13.6. The summed E-state index contributed by atoms with van der Waals surface area (Å²) >= 11 is 2.86. The Bertz CT molecular complexity index is 635. The van der Waals surface area contributed by atoms with Crippen LogP contribution in [0.3, 0.4) is 0 Å². The molecular weight excluding hydrogens is 330 g/mol. The summed E-state index contributed by atoms with van der Waals surface area (Å²) in [6, 6.07) is 9.52. The molecule has 104 valence electrons. The molecule has 0 fully saturated rings. The molecule has 2 aromatic carbocycles. The molecule has 6 heteroatoms. The quantitative estimate of drug-likeness (QED) is 0.841. The second-order valence-electron chi connectivity index (χ2n) is 4.12. The van der Waals surface area contributed by atoms with Gasteiger partial charge in [0.2, 0.25) is 5.91 Å². The number of carbonyl (C=O) groups excluding carboxylic acids is 1. The lowest BCUT2D eigenvalue weighted by Gasteiger charge is -2.13. The van der Waals surface area contributed by atoms with E-state index in [1.165, 1.54) is 0 Å². The van der Waals surface area contributed by atoms with Gasteiger partial charge >= 0.3 is 0 Å². The third kappa shape index (κ3) is 3.20. The van der Waals surface area contributed by atoms with Crippen LogP contribution in [0.4, 0.5) is 14.5 Å². The van der Waals surface area contributed by atoms with E-state index in [1.807, 2.05) is 0 Å². The molecule has 0 aliphatic heterocycles. The number of nitrogens with two attached hydrogens (primary N) is 1. The van der Waals surface area contributed by atoms with Crippen molar-refractivity contribution >= 4 is 27.5 Å². The third-order valence-electron chi connectivity index (χ3n) is 2.71. The molecule has 3 N–H and O–H groups in total. The summed E-state index contributed by atoms with van der Waals surface area (Å²) < 4.78 is 26.9. The van der Waals surface area contributed by atoms with Crippen LogP contribution in [0.2, 0.25) is 0 Å². The van der Waals surface area contributed by atoms with Gasteiger partial charge in [0.1, 0.15) is 17.7 Å². The zero-order valence-electron chi connectivity index (χ0n) is 10.2. The molecule has 1 atom stereocenters. The average Bonchev–Trinajstić information content (AvgIpc) is 2.44. The zero-order chi connectivity index (χ0) is 14.7. The molecule has 0 aliphatic carbocycles. The van der Waals surface area contributed by atoms with Crippen molar-refractivity contribution in [3.05, 3.63) is 64.1 Å². The Morgan fingerprint density at radius 2 is 1.80 bits per heavy atom. The predicted octanol–water partition coefficient (Wildman–Crippen LogP) is 3.37. The fourth-order valence-corrected chi connectivity index (χ4v) is 1.96. The lowest BCUT2D eigenvalue weighted by atomic mass is 10.1. The van der Waals surface area contributed by atoms with Crippen molar-refractivity contribution in [3.63, 3.8) is 0 Å². The number of hydrogen-bond donors (Lipinski definition) is 2. The number of benzene rings is 2. The van der Waals surface area contributed by atoms with Gasteiger partial charge in [-0.15, -0.1) is 0 Å². The number of rotatable bonds is 3. The zero-order valence-corrected chi connectivity index (χ0v) is 11.8. The van der Waals surface area contributed by atoms with Crippen LogP contribution in [-0.4, -0.2) is 5.91 Å². The highest BCUT2D eigenvalue weighted by molar-refractivity contribution is 9.10. The van der Waals surface area contributed by atoms with Crippen molar-refractivity contribution < 1.29 is 13.6 Å². The summed E-state index contributed by atoms with van der Waals surface area (Å²) in [5, 5.41) is 2.28. The fourth-order valence-electron chi connectivity index (χ4n) is 1.64. The first kappa shape index (κ1) is 14.6. The number of carbonyl (C=O) groups is 1. The van der Waals surface area contributed by atoms with Crippen LogP contribution in [0.5, 0.6) is 0 Å². The molecule has 2 rings (SSSR count). The van der Waals surface area contributed by atoms with Crippen LogP contribution >= 0.6 is 15.9 Å². The van der Waals surface area contributed by atoms with Crippen molar-refractivity contribution in [1.82, 2.24) is 0 Å². The van der Waals surface area contributed by atoms with Gasteiger partial charge in [-0.25, -0.2) is 8.78 Å². The summed E-state index contributed by atoms with van der Waals surface area (Å²) in [6.07, 6.45) is 0. The first-order chi connectivity index (χ1) is 9.49. The van der Waals surface area contributed by atoms with Gasteiger partial charge in [0.15, 0.2) is 0 Å². The number of anilines is 1. The maximum Gasteiger partial charge on any atom is 0.245 e. The van der Waals surface area contributed by atoms with E-state index in [-0.39, 0.29) is 10.2 Å². The second kappa shape index (κ2) is 6.11. The Morgan fingerprint density at radius 3 is 2.45 bits per heavy atom. The SMILES string of the molecule is NC(C(=O)Nc1cc(F)c(Br)cc1F)c1ccccc1. The van der Waals surface area contributed by atoms with E-state index in [9.17, 15) is 13.6 Å². The Hall–Kier alpha value is -1.79. The molecule has 0 saturated heterocycles. The molecule has 1 unspecified atom stereocenters. The number of amides is 1. The largest absolute Gasteiger partial charge is 0.322 e. The lowest BCUT2D eigenvalue weighted by molar-refractivity contribution is -0.117. The molecule has 0 radical (unpaired) electrons. The van der Waals surface area contributed by atoms with Gasteiger partial charge in [-0.05, 0) is 27.6 Å². The molecule has 20 heavy (non-hydrogen) atoms. The molecule has 0 spiro atoms. The second-order valence-corrected chi connectivity index (χ2v) is 4.98. The standard InChI is InChI=1S/C14H11BrF2N2O/c15-9-6-11(17)12(7-10(9)16)19-14(20)13(18)8-4-2-1-3-5-8/h1-7,13H,18H2,(H,19,20). The smallest absolute Gasteiger partial charge is 0.245 e. The highest BCUT2D eigenvalue weighted by atomic mass is 79.9. The number of hydrogen-bond acceptors (Lipinski definition) is 2. The van der Waals surface area contributed by atoms with E-state index in [1.54, 1.807) is 30.3 Å². The van der Waals surface area contributed by atoms with Gasteiger partial charge < -0.3 is 11.1 Å². The molecule has 2 aromatic rings. The van der Waals surface area contributed by atoms with Crippen LogP contribution < -0.4 is 11.1 Å². The van der Waals surface area contributed by atoms with Crippen molar-refractivity contribution in [2.75, 3.05) is 5.32 Å². The predicted molar refractivity (Wildman–Crippen MR) is 76.1 cm³/mol. The van der Waals surface area contributed by atoms with Crippen molar-refractivity contribution in [2.24, 2.45) is 5.73 Å². The van der Waals surface area contributed by atoms with Crippen LogP contribution in [0, 0.1) is 11.6 Å². The molecule has 0 bridgehead atoms. The highest BCUT2D eigenvalue weighted by Crippen LogP contribution is 2.24. The van der Waals surface area contributed by atoms with E-state index in [4.69, 9.17) is 5.73 Å². The lowest BCUT2D eigenvalue weighted by Crippen LogP contribution is -2.28. The van der Waals surface area contributed by atoms with Crippen LogP contribution in [-0.2, 0) is 4.79 Å². The van der Waals surface area contributed by atoms with Crippen LogP contribution in [0.1, 0.15) is 11.6 Å². The number of halogens is 3. The molecule has 0 aliphatic rings. The Labute approximate surface area is 122 Å². The minimum Gasteiger partial charge on any atom is -0.322 e. The van der Waals surface area contributed by atoms with Crippen molar-refractivity contribution in [2.45, 2.75) is 6.04 Å². The van der Waals surface area contributed by atoms with Crippen molar-refractivity contribution in [1.29, 1.82) is 0 Å². The van der Waals surface area contributed by atoms with Crippen LogP contribution in [0.25, 0.3) is 0 Å². The molecule has 3 nitrogen and oxygen atoms in total. The topological polar surface area (TPSA) is 55.1 Å². The molecule has 0 heterocycles. The van der Waals surface area contributed by atoms with E-state index in [0.717, 1.165) is 12.1 Å². The molecule has 0 saturated carbocycles. The van der Waals surface area contributed by atoms with E-state index in [2.05, 4.69) is 21.2 Å². The Balaban J connectivity index is 2.18. The summed E-state index contributed by atoms with van der Waals surface area (Å²) in [4.78, 5) is 11.9. The summed E-state index contributed by atoms with van der Waals surface area (Å²) in [7, 11) is 0. The summed E-state index contributed by atoms with van der Waals surface area (Å²) in [5.41, 5.74) is 6.10. The Morgan fingerprint density at radius 1 is 1.15 bits per heavy atom. The van der Waals surface area contributed by atoms with Gasteiger partial charge in [-0.3, -0.25) is 4.79 Å². The third-order valence-corrected chi connectivity index (χ3v) is 3.32. The van der Waals surface area contributed by atoms with Gasteiger partial charge in [0.25, 0.3) is 0 Å². The summed E-state index contributed by atoms with van der Waals surface area (Å²) in [5.74, 6) is -2.03. The van der Waals surface area contributed by atoms with Crippen molar-refractivity contribution in [3.8, 4) is 0 Å². The molecule has 0 aromatic heterocycles. The average molecular weight is 341 g/mol. The first-order valence-electron chi connectivity index (χ1n) is 5.75. The van der Waals surface area contributed by atoms with E-state index < -0.39 is 23.6 Å². The monoisotopic (exact) mass is 340 g/mol. The molecular formula is C14H11BrF2N2O. The highest BCUT2D eigenvalue weighted by Gasteiger charge is 2.18. The first-order valence-corrected chi connectivity index (χ1v) is 6.54. The number of nitrogens with one attached hydrogen (secondary N) is 1. The molecule has 1 amide bonds. The van der Waals surface area contributed by atoms with Gasteiger partial charge in [0.05, 0.1) is 10.2 Å². The Kier molecular flexibility index (Phi) is 4.46. The van der Waals surface area contributed by atoms with Gasteiger partial charge in [-0.1, -0.05) is 30.3 Å². The minimum absolute atomic E-state index is 0.0136.